The molecule has 1 saturated heterocycles. The van der Waals surface area contributed by atoms with Crippen LogP contribution in [-0.2, 0) is 4.79 Å². The molecule has 1 aromatic heterocycles. The van der Waals surface area contributed by atoms with E-state index in [2.05, 4.69) is 0 Å². The Morgan fingerprint density at radius 3 is 2.75 bits per heavy atom. The molecule has 1 aromatic carbocycles. The van der Waals surface area contributed by atoms with Gasteiger partial charge < -0.3 is 10.2 Å². The molecular weight excluding hydrogens is 274 g/mol. The van der Waals surface area contributed by atoms with Gasteiger partial charge in [-0.2, -0.15) is 0 Å². The minimum absolute atomic E-state index is 0.293. The number of benzene rings is 1. The Kier molecular flexibility index (Phi) is 3.74. The smallest absolute Gasteiger partial charge is 0.325 e. The molecule has 1 fully saturated rings. The van der Waals surface area contributed by atoms with E-state index in [-0.39, 0.29) is 6.10 Å². The molecule has 0 saturated carbocycles. The monoisotopic (exact) mass is 291 g/mol. The number of aliphatic carboxylic acids is 1. The van der Waals surface area contributed by atoms with E-state index in [1.807, 2.05) is 34.5 Å². The fourth-order valence-corrected chi connectivity index (χ4v) is 3.80. The van der Waals surface area contributed by atoms with Gasteiger partial charge in [-0.25, -0.2) is 0 Å². The Morgan fingerprint density at radius 2 is 2.05 bits per heavy atom. The molecule has 2 aromatic rings. The topological polar surface area (TPSA) is 60.8 Å². The van der Waals surface area contributed by atoms with Crippen molar-refractivity contribution in [3.8, 4) is 0 Å². The van der Waals surface area contributed by atoms with Crippen LogP contribution in [0.1, 0.15) is 24.4 Å². The minimum atomic E-state index is -0.817. The molecule has 2 N–H and O–H groups in total. The van der Waals surface area contributed by atoms with Gasteiger partial charge in [0.15, 0.2) is 0 Å². The van der Waals surface area contributed by atoms with Crippen molar-refractivity contribution < 1.29 is 15.0 Å². The number of hydrogen-bond acceptors (Lipinski definition) is 4. The van der Waals surface area contributed by atoms with Gasteiger partial charge in [-0.15, -0.1) is 11.3 Å². The maximum absolute atomic E-state index is 11.7. The summed E-state index contributed by atoms with van der Waals surface area (Å²) in [5.41, 5.74) is 0.862. The third-order valence-corrected chi connectivity index (χ3v) is 4.88. The summed E-state index contributed by atoms with van der Waals surface area (Å²) in [4.78, 5) is 13.7. The SMILES string of the molecule is O=C(O)C(c1cccc2ccsc12)N1CCC(O)CC1. The molecule has 20 heavy (non-hydrogen) atoms. The van der Waals surface area contributed by atoms with Crippen molar-refractivity contribution in [1.29, 1.82) is 0 Å². The second-order valence-corrected chi connectivity index (χ2v) is 6.11. The van der Waals surface area contributed by atoms with E-state index in [4.69, 9.17) is 0 Å². The number of carboxylic acids is 1. The number of nitrogens with zero attached hydrogens (tertiary/aromatic N) is 1. The molecule has 5 heteroatoms. The molecule has 2 heterocycles. The summed E-state index contributed by atoms with van der Waals surface area (Å²) in [7, 11) is 0. The lowest BCUT2D eigenvalue weighted by molar-refractivity contribution is -0.144. The van der Waals surface area contributed by atoms with Gasteiger partial charge >= 0.3 is 5.97 Å². The van der Waals surface area contributed by atoms with Crippen molar-refractivity contribution in [3.63, 3.8) is 0 Å². The van der Waals surface area contributed by atoms with Crippen LogP contribution in [0.4, 0.5) is 0 Å². The van der Waals surface area contributed by atoms with E-state index in [0.29, 0.717) is 25.9 Å². The number of aliphatic hydroxyl groups excluding tert-OH is 1. The van der Waals surface area contributed by atoms with Crippen LogP contribution in [0.3, 0.4) is 0 Å². The number of hydrogen-bond donors (Lipinski definition) is 2. The van der Waals surface area contributed by atoms with Crippen molar-refractivity contribution in [1.82, 2.24) is 4.90 Å². The summed E-state index contributed by atoms with van der Waals surface area (Å²) < 4.78 is 1.05. The Bertz CT molecular complexity index is 616. The number of thiophene rings is 1. The number of aliphatic hydroxyl groups is 1. The highest BCUT2D eigenvalue weighted by Crippen LogP contribution is 2.33. The van der Waals surface area contributed by atoms with Crippen LogP contribution < -0.4 is 0 Å². The molecule has 0 spiro atoms. The zero-order chi connectivity index (χ0) is 14.1. The first-order chi connectivity index (χ1) is 9.66. The minimum Gasteiger partial charge on any atom is -0.480 e. The van der Waals surface area contributed by atoms with Crippen molar-refractivity contribution in [2.24, 2.45) is 0 Å². The van der Waals surface area contributed by atoms with Gasteiger partial charge in [-0.3, -0.25) is 9.69 Å². The standard InChI is InChI=1S/C15H17NO3S/c17-11-4-7-16(8-5-11)13(15(18)19)12-3-1-2-10-6-9-20-14(10)12/h1-3,6,9,11,13,17H,4-5,7-8H2,(H,18,19). The lowest BCUT2D eigenvalue weighted by atomic mass is 9.99. The molecule has 0 amide bonds. The average molecular weight is 291 g/mol. The quantitative estimate of drug-likeness (QED) is 0.912. The van der Waals surface area contributed by atoms with Crippen LogP contribution in [0.2, 0.25) is 0 Å². The maximum atomic E-state index is 11.7. The Morgan fingerprint density at radius 1 is 1.30 bits per heavy atom. The third kappa shape index (κ3) is 2.44. The molecule has 1 unspecified atom stereocenters. The zero-order valence-corrected chi connectivity index (χ0v) is 11.8. The van der Waals surface area contributed by atoms with Crippen molar-refractivity contribution in [2.75, 3.05) is 13.1 Å². The van der Waals surface area contributed by atoms with E-state index >= 15 is 0 Å². The predicted octanol–water partition coefficient (Wildman–Crippen LogP) is 2.48. The number of piperidine rings is 1. The van der Waals surface area contributed by atoms with E-state index in [1.165, 1.54) is 0 Å². The predicted molar refractivity (Wildman–Crippen MR) is 79.0 cm³/mol. The second-order valence-electron chi connectivity index (χ2n) is 5.19. The molecule has 1 aliphatic heterocycles. The molecule has 0 radical (unpaired) electrons. The number of fused-ring (bicyclic) bond motifs is 1. The molecule has 3 rings (SSSR count). The maximum Gasteiger partial charge on any atom is 0.325 e. The highest BCUT2D eigenvalue weighted by Gasteiger charge is 2.31. The lowest BCUT2D eigenvalue weighted by Crippen LogP contribution is -2.41. The van der Waals surface area contributed by atoms with Crippen LogP contribution >= 0.6 is 11.3 Å². The number of likely N-dealkylation sites (tertiary alicyclic amines) is 1. The van der Waals surface area contributed by atoms with Crippen LogP contribution in [0, 0.1) is 0 Å². The second kappa shape index (κ2) is 5.52. The first-order valence-corrected chi connectivity index (χ1v) is 7.66. The first kappa shape index (κ1) is 13.5. The van der Waals surface area contributed by atoms with Crippen molar-refractivity contribution >= 4 is 27.4 Å². The summed E-state index contributed by atoms with van der Waals surface area (Å²) in [6.45, 7) is 1.25. The molecule has 0 bridgehead atoms. The van der Waals surface area contributed by atoms with Crippen molar-refractivity contribution in [2.45, 2.75) is 25.0 Å². The van der Waals surface area contributed by atoms with Crippen LogP contribution in [0.15, 0.2) is 29.6 Å². The van der Waals surface area contributed by atoms with Gasteiger partial charge in [0.2, 0.25) is 0 Å². The van der Waals surface area contributed by atoms with Gasteiger partial charge in [-0.1, -0.05) is 18.2 Å². The summed E-state index contributed by atoms with van der Waals surface area (Å²) >= 11 is 1.58. The van der Waals surface area contributed by atoms with Crippen LogP contribution in [0.25, 0.3) is 10.1 Å². The van der Waals surface area contributed by atoms with Gasteiger partial charge in [0.25, 0.3) is 0 Å². The summed E-state index contributed by atoms with van der Waals surface area (Å²) in [6, 6.07) is 7.23. The van der Waals surface area contributed by atoms with E-state index in [1.54, 1.807) is 11.3 Å². The highest BCUT2D eigenvalue weighted by molar-refractivity contribution is 7.17. The Balaban J connectivity index is 1.98. The normalized spacial score (nSPS) is 19.2. The van der Waals surface area contributed by atoms with Crippen LogP contribution in [0.5, 0.6) is 0 Å². The van der Waals surface area contributed by atoms with Gasteiger partial charge in [0.1, 0.15) is 6.04 Å². The molecule has 1 atom stereocenters. The highest BCUT2D eigenvalue weighted by atomic mass is 32.1. The zero-order valence-electron chi connectivity index (χ0n) is 11.0. The number of rotatable bonds is 3. The van der Waals surface area contributed by atoms with Gasteiger partial charge in [0.05, 0.1) is 6.10 Å². The van der Waals surface area contributed by atoms with Crippen molar-refractivity contribution in [3.05, 3.63) is 35.2 Å². The Hall–Kier alpha value is -1.43. The molecular formula is C15H17NO3S. The molecule has 1 aliphatic rings. The number of carbonyl (C=O) groups is 1. The molecule has 4 nitrogen and oxygen atoms in total. The fraction of sp³-hybridized carbons (Fsp3) is 0.400. The summed E-state index contributed by atoms with van der Waals surface area (Å²) in [6.07, 6.45) is 0.993. The van der Waals surface area contributed by atoms with E-state index in [0.717, 1.165) is 15.6 Å². The van der Waals surface area contributed by atoms with Gasteiger partial charge in [0, 0.05) is 17.8 Å². The molecule has 106 valence electrons. The fourth-order valence-electron chi connectivity index (χ4n) is 2.86. The average Bonchev–Trinajstić information content (AvgIpc) is 2.90. The number of carboxylic acid groups (broad SMARTS) is 1. The van der Waals surface area contributed by atoms with E-state index in [9.17, 15) is 15.0 Å². The largest absolute Gasteiger partial charge is 0.480 e. The third-order valence-electron chi connectivity index (χ3n) is 3.90. The van der Waals surface area contributed by atoms with E-state index < -0.39 is 12.0 Å². The molecule has 0 aliphatic carbocycles. The Labute approximate surface area is 121 Å². The van der Waals surface area contributed by atoms with Gasteiger partial charge in [-0.05, 0) is 35.2 Å². The summed E-state index contributed by atoms with van der Waals surface area (Å²) in [5, 5.41) is 22.3. The first-order valence-electron chi connectivity index (χ1n) is 6.78. The lowest BCUT2D eigenvalue weighted by Gasteiger charge is -2.34. The summed E-state index contributed by atoms with van der Waals surface area (Å²) in [5.74, 6) is -0.817. The van der Waals surface area contributed by atoms with Crippen LogP contribution in [-0.4, -0.2) is 40.3 Å².